The molecule has 0 N–H and O–H groups in total. The second-order valence-electron chi connectivity index (χ2n) is 5.07. The number of aryl methyl sites for hydroxylation is 1. The van der Waals surface area contributed by atoms with Crippen molar-refractivity contribution < 1.29 is 4.57 Å². The SMILES string of the molecule is CCCCCc1n(CC)cc[n+]1Cc1ccccc1. The second-order valence-corrected chi connectivity index (χ2v) is 5.07. The van der Waals surface area contributed by atoms with E-state index in [-0.39, 0.29) is 0 Å². The van der Waals surface area contributed by atoms with Crippen molar-refractivity contribution in [2.75, 3.05) is 0 Å². The number of hydrogen-bond donors (Lipinski definition) is 0. The summed E-state index contributed by atoms with van der Waals surface area (Å²) in [6.07, 6.45) is 9.50. The number of unbranched alkanes of at least 4 members (excludes halogenated alkanes) is 2. The van der Waals surface area contributed by atoms with Crippen LogP contribution in [0.2, 0.25) is 0 Å². The van der Waals surface area contributed by atoms with Crippen LogP contribution in [-0.4, -0.2) is 4.57 Å². The van der Waals surface area contributed by atoms with E-state index in [0.29, 0.717) is 0 Å². The van der Waals surface area contributed by atoms with Crippen LogP contribution in [0.5, 0.6) is 0 Å². The third kappa shape index (κ3) is 3.69. The Kier molecular flexibility index (Phi) is 5.20. The zero-order valence-corrected chi connectivity index (χ0v) is 12.2. The quantitative estimate of drug-likeness (QED) is 0.529. The molecule has 0 bridgehead atoms. The minimum Gasteiger partial charge on any atom is -0.235 e. The van der Waals surface area contributed by atoms with Gasteiger partial charge in [0, 0.05) is 6.42 Å². The van der Waals surface area contributed by atoms with Crippen LogP contribution in [0, 0.1) is 0 Å². The van der Waals surface area contributed by atoms with E-state index in [1.165, 1.54) is 37.1 Å². The molecule has 2 nitrogen and oxygen atoms in total. The van der Waals surface area contributed by atoms with Gasteiger partial charge in [-0.05, 0) is 18.9 Å². The van der Waals surface area contributed by atoms with E-state index in [1.54, 1.807) is 0 Å². The lowest BCUT2D eigenvalue weighted by molar-refractivity contribution is -0.695. The van der Waals surface area contributed by atoms with Gasteiger partial charge in [-0.25, -0.2) is 9.13 Å². The fourth-order valence-electron chi connectivity index (χ4n) is 2.53. The third-order valence-corrected chi connectivity index (χ3v) is 3.63. The summed E-state index contributed by atoms with van der Waals surface area (Å²) in [7, 11) is 0. The first-order chi connectivity index (χ1) is 9.35. The van der Waals surface area contributed by atoms with Gasteiger partial charge < -0.3 is 0 Å². The fourth-order valence-corrected chi connectivity index (χ4v) is 2.53. The maximum absolute atomic E-state index is 2.40. The highest BCUT2D eigenvalue weighted by Crippen LogP contribution is 2.06. The van der Waals surface area contributed by atoms with Crippen molar-refractivity contribution in [1.29, 1.82) is 0 Å². The molecule has 0 aliphatic rings. The Morgan fingerprint density at radius 2 is 1.84 bits per heavy atom. The molecule has 0 atom stereocenters. The van der Waals surface area contributed by atoms with E-state index in [0.717, 1.165) is 13.1 Å². The highest BCUT2D eigenvalue weighted by Gasteiger charge is 2.15. The topological polar surface area (TPSA) is 8.81 Å². The van der Waals surface area contributed by atoms with Crippen molar-refractivity contribution in [2.45, 2.75) is 52.6 Å². The molecule has 1 heterocycles. The standard InChI is InChI=1S/C17H25N2/c1-3-5-7-12-17-18(4-2)13-14-19(17)15-16-10-8-6-9-11-16/h6,8-11,13-14H,3-5,7,12,15H2,1-2H3/q+1. The average Bonchev–Trinajstić information content (AvgIpc) is 2.83. The second kappa shape index (κ2) is 7.13. The molecule has 0 spiro atoms. The highest BCUT2D eigenvalue weighted by atomic mass is 15.1. The molecule has 1 aromatic heterocycles. The summed E-state index contributed by atoms with van der Waals surface area (Å²) < 4.78 is 4.77. The minimum atomic E-state index is 0.981. The first kappa shape index (κ1) is 13.9. The summed E-state index contributed by atoms with van der Waals surface area (Å²) in [5.41, 5.74) is 1.37. The first-order valence-corrected chi connectivity index (χ1v) is 7.46. The molecule has 0 radical (unpaired) electrons. The molecule has 2 heteroatoms. The number of aromatic nitrogens is 2. The molecule has 0 saturated carbocycles. The van der Waals surface area contributed by atoms with E-state index < -0.39 is 0 Å². The zero-order chi connectivity index (χ0) is 13.5. The maximum atomic E-state index is 2.40. The zero-order valence-electron chi connectivity index (χ0n) is 12.2. The Bertz CT molecular complexity index is 485. The van der Waals surface area contributed by atoms with E-state index >= 15 is 0 Å². The number of benzene rings is 1. The summed E-state index contributed by atoms with van der Waals surface area (Å²) in [5.74, 6) is 1.46. The number of nitrogens with zero attached hydrogens (tertiary/aromatic N) is 2. The summed E-state index contributed by atoms with van der Waals surface area (Å²) in [6, 6.07) is 10.7. The number of rotatable bonds is 7. The average molecular weight is 257 g/mol. The van der Waals surface area contributed by atoms with Crippen LogP contribution in [0.25, 0.3) is 0 Å². The molecule has 0 saturated heterocycles. The highest BCUT2D eigenvalue weighted by molar-refractivity contribution is 5.13. The van der Waals surface area contributed by atoms with Crippen molar-refractivity contribution in [1.82, 2.24) is 4.57 Å². The molecule has 0 unspecified atom stereocenters. The molecule has 0 amide bonds. The van der Waals surface area contributed by atoms with E-state index in [1.807, 2.05) is 0 Å². The molecule has 2 rings (SSSR count). The lowest BCUT2D eigenvalue weighted by Crippen LogP contribution is -2.37. The smallest absolute Gasteiger partial charge is 0.235 e. The predicted octanol–water partition coefficient (Wildman–Crippen LogP) is 3.58. The summed E-state index contributed by atoms with van der Waals surface area (Å²) in [4.78, 5) is 0. The molecule has 1 aromatic carbocycles. The van der Waals surface area contributed by atoms with Crippen LogP contribution < -0.4 is 4.57 Å². The molecule has 102 valence electrons. The third-order valence-electron chi connectivity index (χ3n) is 3.63. The van der Waals surface area contributed by atoms with Gasteiger partial charge in [0.05, 0.1) is 6.54 Å². The van der Waals surface area contributed by atoms with Crippen molar-refractivity contribution in [3.05, 3.63) is 54.1 Å². The van der Waals surface area contributed by atoms with Crippen molar-refractivity contribution in [3.8, 4) is 0 Å². The van der Waals surface area contributed by atoms with E-state index in [4.69, 9.17) is 0 Å². The monoisotopic (exact) mass is 257 g/mol. The lowest BCUT2D eigenvalue weighted by atomic mass is 10.2. The Balaban J connectivity index is 2.13. The lowest BCUT2D eigenvalue weighted by Gasteiger charge is -2.04. The molecular weight excluding hydrogens is 232 g/mol. The molecule has 0 aliphatic heterocycles. The number of imidazole rings is 1. The predicted molar refractivity (Wildman–Crippen MR) is 79.1 cm³/mol. The van der Waals surface area contributed by atoms with Gasteiger partial charge in [0.25, 0.3) is 5.82 Å². The Hall–Kier alpha value is -1.57. The van der Waals surface area contributed by atoms with E-state index in [2.05, 4.69) is 65.7 Å². The van der Waals surface area contributed by atoms with Crippen molar-refractivity contribution >= 4 is 0 Å². The molecule has 0 fully saturated rings. The van der Waals surface area contributed by atoms with E-state index in [9.17, 15) is 0 Å². The van der Waals surface area contributed by atoms with Gasteiger partial charge in [-0.2, -0.15) is 0 Å². The molecule has 19 heavy (non-hydrogen) atoms. The van der Waals surface area contributed by atoms with Gasteiger partial charge in [-0.1, -0.05) is 50.1 Å². The Morgan fingerprint density at radius 1 is 1.05 bits per heavy atom. The minimum absolute atomic E-state index is 0.981. The molecule has 0 aliphatic carbocycles. The van der Waals surface area contributed by atoms with Gasteiger partial charge in [0.2, 0.25) is 0 Å². The van der Waals surface area contributed by atoms with Crippen LogP contribution in [0.1, 0.15) is 44.5 Å². The fraction of sp³-hybridized carbons (Fsp3) is 0.471. The normalized spacial score (nSPS) is 10.8. The summed E-state index contributed by atoms with van der Waals surface area (Å²) >= 11 is 0. The van der Waals surface area contributed by atoms with Gasteiger partial charge in [-0.3, -0.25) is 0 Å². The van der Waals surface area contributed by atoms with Gasteiger partial charge in [0.15, 0.2) is 0 Å². The van der Waals surface area contributed by atoms with Crippen molar-refractivity contribution in [3.63, 3.8) is 0 Å². The Morgan fingerprint density at radius 3 is 2.53 bits per heavy atom. The van der Waals surface area contributed by atoms with Crippen molar-refractivity contribution in [2.24, 2.45) is 0 Å². The van der Waals surface area contributed by atoms with Crippen LogP contribution in [0.15, 0.2) is 42.7 Å². The summed E-state index contributed by atoms with van der Waals surface area (Å²) in [6.45, 7) is 6.52. The van der Waals surface area contributed by atoms with Crippen LogP contribution in [0.3, 0.4) is 0 Å². The van der Waals surface area contributed by atoms with Gasteiger partial charge in [0.1, 0.15) is 18.9 Å². The largest absolute Gasteiger partial charge is 0.256 e. The molecular formula is C17H25N2+. The maximum Gasteiger partial charge on any atom is 0.256 e. The van der Waals surface area contributed by atoms with Gasteiger partial charge >= 0.3 is 0 Å². The van der Waals surface area contributed by atoms with Crippen LogP contribution in [-0.2, 0) is 19.5 Å². The summed E-state index contributed by atoms with van der Waals surface area (Å²) in [5, 5.41) is 0. The van der Waals surface area contributed by atoms with Crippen LogP contribution in [0.4, 0.5) is 0 Å². The number of hydrogen-bond acceptors (Lipinski definition) is 0. The molecule has 2 aromatic rings. The van der Waals surface area contributed by atoms with Crippen LogP contribution >= 0.6 is 0 Å². The van der Waals surface area contributed by atoms with Gasteiger partial charge in [-0.15, -0.1) is 0 Å². The first-order valence-electron chi connectivity index (χ1n) is 7.46. The Labute approximate surface area is 116 Å².